The SMILES string of the molecule is CCCCc1nn2c(=O)cc(COC(=O)CNC(=O)c3cccc(C)c3)nc2s1. The first-order valence-corrected chi connectivity index (χ1v) is 10.2. The quantitative estimate of drug-likeness (QED) is 0.567. The first-order chi connectivity index (χ1) is 14.0. The Hall–Kier alpha value is -3.07. The first kappa shape index (κ1) is 20.7. The zero-order valence-corrected chi connectivity index (χ0v) is 17.1. The number of unbranched alkanes of at least 4 members (excludes halogenated alkanes) is 1. The minimum Gasteiger partial charge on any atom is -0.458 e. The Labute approximate surface area is 171 Å². The topological polar surface area (TPSA) is 103 Å². The summed E-state index contributed by atoms with van der Waals surface area (Å²) in [5.41, 5.74) is 1.46. The molecule has 0 aliphatic rings. The second-order valence-electron chi connectivity index (χ2n) is 6.59. The summed E-state index contributed by atoms with van der Waals surface area (Å²) in [5, 5.41) is 7.64. The molecule has 2 aromatic heterocycles. The van der Waals surface area contributed by atoms with Crippen LogP contribution in [-0.4, -0.2) is 33.0 Å². The summed E-state index contributed by atoms with van der Waals surface area (Å²) in [7, 11) is 0. The molecule has 0 atom stereocenters. The number of aromatic nitrogens is 3. The van der Waals surface area contributed by atoms with Crippen LogP contribution in [0.25, 0.3) is 4.96 Å². The number of fused-ring (bicyclic) bond motifs is 1. The van der Waals surface area contributed by atoms with Gasteiger partial charge in [-0.2, -0.15) is 9.61 Å². The zero-order valence-electron chi connectivity index (χ0n) is 16.3. The molecular formula is C20H22N4O4S. The number of nitrogens with one attached hydrogen (secondary N) is 1. The molecule has 0 fully saturated rings. The van der Waals surface area contributed by atoms with E-state index in [1.165, 1.54) is 21.9 Å². The molecule has 3 aromatic rings. The molecule has 3 rings (SSSR count). The van der Waals surface area contributed by atoms with Crippen molar-refractivity contribution in [1.82, 2.24) is 19.9 Å². The van der Waals surface area contributed by atoms with E-state index in [0.717, 1.165) is 29.8 Å². The molecule has 29 heavy (non-hydrogen) atoms. The highest BCUT2D eigenvalue weighted by molar-refractivity contribution is 7.16. The van der Waals surface area contributed by atoms with Gasteiger partial charge in [-0.25, -0.2) is 4.98 Å². The van der Waals surface area contributed by atoms with Gasteiger partial charge in [0.15, 0.2) is 0 Å². The van der Waals surface area contributed by atoms with Gasteiger partial charge >= 0.3 is 5.97 Å². The number of amides is 1. The molecule has 0 unspecified atom stereocenters. The smallest absolute Gasteiger partial charge is 0.325 e. The highest BCUT2D eigenvalue weighted by atomic mass is 32.1. The number of rotatable bonds is 8. The van der Waals surface area contributed by atoms with Crippen LogP contribution in [0.4, 0.5) is 0 Å². The van der Waals surface area contributed by atoms with Crippen LogP contribution in [0.15, 0.2) is 35.1 Å². The molecule has 9 heteroatoms. The molecule has 0 saturated carbocycles. The summed E-state index contributed by atoms with van der Waals surface area (Å²) < 4.78 is 6.40. The minimum absolute atomic E-state index is 0.146. The summed E-state index contributed by atoms with van der Waals surface area (Å²) in [6.07, 6.45) is 2.84. The van der Waals surface area contributed by atoms with Crippen LogP contribution < -0.4 is 10.9 Å². The molecule has 8 nitrogen and oxygen atoms in total. The van der Waals surface area contributed by atoms with Crippen LogP contribution in [0.3, 0.4) is 0 Å². The number of ether oxygens (including phenoxy) is 1. The van der Waals surface area contributed by atoms with Crippen molar-refractivity contribution in [2.45, 2.75) is 39.7 Å². The van der Waals surface area contributed by atoms with Gasteiger partial charge in [-0.15, -0.1) is 0 Å². The standard InChI is InChI=1S/C20H22N4O4S/c1-3-4-8-16-23-24-17(25)10-15(22-20(24)29-16)12-28-18(26)11-21-19(27)14-7-5-6-13(2)9-14/h5-7,9-10H,3-4,8,11-12H2,1-2H3,(H,21,27). The van der Waals surface area contributed by atoms with Gasteiger partial charge < -0.3 is 10.1 Å². The number of aryl methyl sites for hydroxylation is 2. The van der Waals surface area contributed by atoms with E-state index in [9.17, 15) is 14.4 Å². The predicted octanol–water partition coefficient (Wildman–Crippen LogP) is 2.28. The number of carbonyl (C=O) groups is 2. The molecule has 0 aliphatic heterocycles. The van der Waals surface area contributed by atoms with Gasteiger partial charge in [-0.1, -0.05) is 42.4 Å². The molecule has 0 saturated heterocycles. The van der Waals surface area contributed by atoms with Crippen LogP contribution in [-0.2, 0) is 22.6 Å². The second-order valence-corrected chi connectivity index (χ2v) is 7.63. The van der Waals surface area contributed by atoms with E-state index >= 15 is 0 Å². The van der Waals surface area contributed by atoms with Gasteiger partial charge in [0.25, 0.3) is 11.5 Å². The van der Waals surface area contributed by atoms with Crippen LogP contribution >= 0.6 is 11.3 Å². The van der Waals surface area contributed by atoms with Crippen molar-refractivity contribution < 1.29 is 14.3 Å². The Kier molecular flexibility index (Phi) is 6.71. The van der Waals surface area contributed by atoms with E-state index in [1.54, 1.807) is 18.2 Å². The monoisotopic (exact) mass is 414 g/mol. The molecule has 0 aliphatic carbocycles. The van der Waals surface area contributed by atoms with Crippen molar-refractivity contribution in [2.75, 3.05) is 6.54 Å². The maximum absolute atomic E-state index is 12.2. The lowest BCUT2D eigenvalue weighted by molar-refractivity contribution is -0.143. The number of carbonyl (C=O) groups excluding carboxylic acids is 2. The number of hydrogen-bond acceptors (Lipinski definition) is 7. The molecule has 2 heterocycles. The molecule has 1 amide bonds. The third-order valence-electron chi connectivity index (χ3n) is 4.14. The Morgan fingerprint density at radius 2 is 2.10 bits per heavy atom. The Morgan fingerprint density at radius 1 is 1.28 bits per heavy atom. The van der Waals surface area contributed by atoms with Crippen LogP contribution in [0.1, 0.15) is 46.4 Å². The number of nitrogens with zero attached hydrogens (tertiary/aromatic N) is 3. The van der Waals surface area contributed by atoms with E-state index in [0.29, 0.717) is 16.2 Å². The minimum atomic E-state index is -0.610. The summed E-state index contributed by atoms with van der Waals surface area (Å²) in [6, 6.07) is 8.36. The van der Waals surface area contributed by atoms with Gasteiger partial charge in [-0.3, -0.25) is 14.4 Å². The lowest BCUT2D eigenvalue weighted by atomic mass is 10.1. The Bertz CT molecular complexity index is 1090. The van der Waals surface area contributed by atoms with E-state index in [1.807, 2.05) is 13.0 Å². The van der Waals surface area contributed by atoms with Crippen LogP contribution in [0.2, 0.25) is 0 Å². The van der Waals surface area contributed by atoms with Crippen molar-refractivity contribution in [3.05, 3.63) is 62.5 Å². The molecular weight excluding hydrogens is 392 g/mol. The third-order valence-corrected chi connectivity index (χ3v) is 5.11. The van der Waals surface area contributed by atoms with Crippen LogP contribution in [0, 0.1) is 6.92 Å². The first-order valence-electron chi connectivity index (χ1n) is 9.35. The van der Waals surface area contributed by atoms with E-state index in [-0.39, 0.29) is 24.6 Å². The third kappa shape index (κ3) is 5.47. The largest absolute Gasteiger partial charge is 0.458 e. The normalized spacial score (nSPS) is 10.8. The summed E-state index contributed by atoms with van der Waals surface area (Å²) >= 11 is 1.36. The highest BCUT2D eigenvalue weighted by Crippen LogP contribution is 2.14. The van der Waals surface area contributed by atoms with E-state index in [2.05, 4.69) is 22.3 Å². The fourth-order valence-corrected chi connectivity index (χ4v) is 3.60. The van der Waals surface area contributed by atoms with Crippen molar-refractivity contribution in [3.8, 4) is 0 Å². The maximum Gasteiger partial charge on any atom is 0.325 e. The molecule has 1 aromatic carbocycles. The summed E-state index contributed by atoms with van der Waals surface area (Å²) in [4.78, 5) is 41.0. The average molecular weight is 414 g/mol. The van der Waals surface area contributed by atoms with Gasteiger partial charge in [0.2, 0.25) is 4.96 Å². The van der Waals surface area contributed by atoms with E-state index in [4.69, 9.17) is 4.74 Å². The molecule has 152 valence electrons. The van der Waals surface area contributed by atoms with Crippen LogP contribution in [0.5, 0.6) is 0 Å². The average Bonchev–Trinajstić information content (AvgIpc) is 3.12. The summed E-state index contributed by atoms with van der Waals surface area (Å²) in [6.45, 7) is 3.56. The highest BCUT2D eigenvalue weighted by Gasteiger charge is 2.12. The van der Waals surface area contributed by atoms with Crippen molar-refractivity contribution in [2.24, 2.45) is 0 Å². The van der Waals surface area contributed by atoms with Gasteiger partial charge in [-0.05, 0) is 25.5 Å². The molecule has 0 spiro atoms. The van der Waals surface area contributed by atoms with E-state index < -0.39 is 5.97 Å². The fourth-order valence-electron chi connectivity index (χ4n) is 2.65. The fraction of sp³-hybridized carbons (Fsp3) is 0.350. The number of esters is 1. The van der Waals surface area contributed by atoms with Gasteiger partial charge in [0, 0.05) is 18.1 Å². The molecule has 1 N–H and O–H groups in total. The van der Waals surface area contributed by atoms with Crippen molar-refractivity contribution in [1.29, 1.82) is 0 Å². The lowest BCUT2D eigenvalue weighted by Gasteiger charge is -2.07. The van der Waals surface area contributed by atoms with Crippen molar-refractivity contribution >= 4 is 28.2 Å². The molecule has 0 bridgehead atoms. The maximum atomic E-state index is 12.2. The zero-order chi connectivity index (χ0) is 20.8. The predicted molar refractivity (Wildman–Crippen MR) is 109 cm³/mol. The Balaban J connectivity index is 1.56. The number of benzene rings is 1. The lowest BCUT2D eigenvalue weighted by Crippen LogP contribution is -2.30. The van der Waals surface area contributed by atoms with Gasteiger partial charge in [0.1, 0.15) is 18.2 Å². The van der Waals surface area contributed by atoms with Gasteiger partial charge in [0.05, 0.1) is 5.69 Å². The number of hydrogen-bond donors (Lipinski definition) is 1. The Morgan fingerprint density at radius 3 is 2.86 bits per heavy atom. The summed E-state index contributed by atoms with van der Waals surface area (Å²) in [5.74, 6) is -0.964. The van der Waals surface area contributed by atoms with Crippen molar-refractivity contribution in [3.63, 3.8) is 0 Å². The second kappa shape index (κ2) is 9.42. The molecule has 0 radical (unpaired) electrons.